The molecule has 52 valence electrons. The summed E-state index contributed by atoms with van der Waals surface area (Å²) < 4.78 is 3.48. The predicted octanol–water partition coefficient (Wildman–Crippen LogP) is 1.80. The molecule has 1 nitrogen and oxygen atoms in total. The van der Waals surface area contributed by atoms with Crippen molar-refractivity contribution in [1.82, 2.24) is 4.72 Å². The Bertz CT molecular complexity index is 93.1. The van der Waals surface area contributed by atoms with Gasteiger partial charge < -0.3 is 0 Å². The number of fused-ring (bicyclic) bond motifs is 1. The fourth-order valence-corrected chi connectivity index (χ4v) is 3.06. The molecule has 0 amide bonds. The first-order valence-corrected chi connectivity index (χ1v) is 4.83. The molecule has 1 heterocycles. The van der Waals surface area contributed by atoms with Gasteiger partial charge in [0.2, 0.25) is 0 Å². The molecule has 2 rings (SSSR count). The average molecular weight is 143 g/mol. The zero-order chi connectivity index (χ0) is 6.10. The summed E-state index contributed by atoms with van der Waals surface area (Å²) in [6, 6.07) is 0.878. The third kappa shape index (κ3) is 1.10. The van der Waals surface area contributed by atoms with Crippen molar-refractivity contribution in [1.29, 1.82) is 0 Å². The first-order chi connectivity index (χ1) is 4.47. The second-order valence-corrected chi connectivity index (χ2v) is 3.94. The lowest BCUT2D eigenvalue weighted by Crippen LogP contribution is -2.28. The van der Waals surface area contributed by atoms with Crippen LogP contribution in [0.3, 0.4) is 0 Å². The molecular weight excluding hydrogens is 130 g/mol. The van der Waals surface area contributed by atoms with Crippen molar-refractivity contribution >= 4 is 11.9 Å². The van der Waals surface area contributed by atoms with Crippen LogP contribution in [0.2, 0.25) is 0 Å². The minimum absolute atomic E-state index is 0.878. The SMILES string of the molecule is C1CCC2NSCC2C1. The molecule has 0 radical (unpaired) electrons. The summed E-state index contributed by atoms with van der Waals surface area (Å²) in [7, 11) is 0. The van der Waals surface area contributed by atoms with Gasteiger partial charge in [0, 0.05) is 11.8 Å². The Morgan fingerprint density at radius 3 is 3.00 bits per heavy atom. The first kappa shape index (κ1) is 6.05. The number of hydrogen-bond acceptors (Lipinski definition) is 2. The number of rotatable bonds is 0. The molecule has 0 aromatic heterocycles. The van der Waals surface area contributed by atoms with E-state index in [1.807, 2.05) is 11.9 Å². The molecule has 2 unspecified atom stereocenters. The highest BCUT2D eigenvalue weighted by Crippen LogP contribution is 2.32. The van der Waals surface area contributed by atoms with E-state index in [1.165, 1.54) is 31.4 Å². The standard InChI is InChI=1S/C7H13NS/c1-2-4-7-6(3-1)5-9-8-7/h6-8H,1-5H2. The van der Waals surface area contributed by atoms with Gasteiger partial charge in [-0.15, -0.1) is 0 Å². The molecule has 1 N–H and O–H groups in total. The maximum absolute atomic E-state index is 3.48. The largest absolute Gasteiger partial charge is 0.261 e. The predicted molar refractivity (Wildman–Crippen MR) is 41.3 cm³/mol. The Hall–Kier alpha value is 0.310. The van der Waals surface area contributed by atoms with E-state index in [4.69, 9.17) is 0 Å². The van der Waals surface area contributed by atoms with E-state index in [9.17, 15) is 0 Å². The summed E-state index contributed by atoms with van der Waals surface area (Å²) in [5.74, 6) is 2.38. The van der Waals surface area contributed by atoms with Gasteiger partial charge in [0.15, 0.2) is 0 Å². The smallest absolute Gasteiger partial charge is 0.0208 e. The van der Waals surface area contributed by atoms with Crippen LogP contribution in [0.1, 0.15) is 25.7 Å². The Kier molecular flexibility index (Phi) is 1.68. The number of hydrogen-bond donors (Lipinski definition) is 1. The molecule has 1 aliphatic heterocycles. The fraction of sp³-hybridized carbons (Fsp3) is 1.00. The Morgan fingerprint density at radius 2 is 2.11 bits per heavy atom. The quantitative estimate of drug-likeness (QED) is 0.519. The van der Waals surface area contributed by atoms with Gasteiger partial charge in [-0.3, -0.25) is 4.72 Å². The first-order valence-electron chi connectivity index (χ1n) is 3.84. The van der Waals surface area contributed by atoms with Crippen LogP contribution >= 0.6 is 11.9 Å². The molecule has 2 aliphatic rings. The van der Waals surface area contributed by atoms with Crippen molar-refractivity contribution in [3.05, 3.63) is 0 Å². The summed E-state index contributed by atoms with van der Waals surface area (Å²) >= 11 is 1.93. The van der Waals surface area contributed by atoms with Crippen molar-refractivity contribution in [3.8, 4) is 0 Å². The molecule has 2 heteroatoms. The van der Waals surface area contributed by atoms with Gasteiger partial charge in [-0.05, 0) is 18.8 Å². The molecule has 1 saturated heterocycles. The molecular formula is C7H13NS. The van der Waals surface area contributed by atoms with Crippen molar-refractivity contribution in [2.75, 3.05) is 5.75 Å². The average Bonchev–Trinajstić information content (AvgIpc) is 2.33. The summed E-state index contributed by atoms with van der Waals surface area (Å²) in [6.07, 6.45) is 5.83. The Labute approximate surface area is 60.7 Å². The van der Waals surface area contributed by atoms with Crippen LogP contribution in [0.4, 0.5) is 0 Å². The molecule has 0 aromatic rings. The van der Waals surface area contributed by atoms with Crippen LogP contribution < -0.4 is 4.72 Å². The molecule has 0 bridgehead atoms. The van der Waals surface area contributed by atoms with Crippen LogP contribution in [-0.4, -0.2) is 11.8 Å². The summed E-state index contributed by atoms with van der Waals surface area (Å²) in [5, 5.41) is 0. The Morgan fingerprint density at radius 1 is 1.22 bits per heavy atom. The number of nitrogens with one attached hydrogen (secondary N) is 1. The zero-order valence-electron chi connectivity index (χ0n) is 5.60. The van der Waals surface area contributed by atoms with E-state index in [0.717, 1.165) is 12.0 Å². The maximum atomic E-state index is 3.48. The van der Waals surface area contributed by atoms with Crippen LogP contribution in [-0.2, 0) is 0 Å². The normalized spacial score (nSPS) is 42.7. The molecule has 2 atom stereocenters. The van der Waals surface area contributed by atoms with Gasteiger partial charge >= 0.3 is 0 Å². The van der Waals surface area contributed by atoms with Gasteiger partial charge in [-0.25, -0.2) is 0 Å². The van der Waals surface area contributed by atoms with Crippen LogP contribution in [0.5, 0.6) is 0 Å². The highest BCUT2D eigenvalue weighted by atomic mass is 32.2. The van der Waals surface area contributed by atoms with Crippen molar-refractivity contribution < 1.29 is 0 Å². The molecule has 9 heavy (non-hydrogen) atoms. The van der Waals surface area contributed by atoms with Crippen LogP contribution in [0.15, 0.2) is 0 Å². The van der Waals surface area contributed by atoms with E-state index in [0.29, 0.717) is 0 Å². The van der Waals surface area contributed by atoms with E-state index in [1.54, 1.807) is 0 Å². The fourth-order valence-electron chi connectivity index (χ4n) is 1.82. The summed E-state index contributed by atoms with van der Waals surface area (Å²) in [5.41, 5.74) is 0. The van der Waals surface area contributed by atoms with Crippen molar-refractivity contribution in [2.45, 2.75) is 31.7 Å². The summed E-state index contributed by atoms with van der Waals surface area (Å²) in [6.45, 7) is 0. The minimum atomic E-state index is 0.878. The lowest BCUT2D eigenvalue weighted by atomic mass is 9.87. The summed E-state index contributed by atoms with van der Waals surface area (Å²) in [4.78, 5) is 0. The molecule has 1 saturated carbocycles. The minimum Gasteiger partial charge on any atom is -0.261 e. The third-order valence-corrected chi connectivity index (χ3v) is 3.51. The van der Waals surface area contributed by atoms with Gasteiger partial charge in [-0.1, -0.05) is 24.8 Å². The zero-order valence-corrected chi connectivity index (χ0v) is 6.41. The third-order valence-electron chi connectivity index (χ3n) is 2.44. The van der Waals surface area contributed by atoms with E-state index in [-0.39, 0.29) is 0 Å². The molecule has 0 aromatic carbocycles. The highest BCUT2D eigenvalue weighted by Gasteiger charge is 2.29. The molecule has 0 spiro atoms. The van der Waals surface area contributed by atoms with Crippen LogP contribution in [0, 0.1) is 5.92 Å². The van der Waals surface area contributed by atoms with E-state index < -0.39 is 0 Å². The molecule has 2 fully saturated rings. The van der Waals surface area contributed by atoms with Gasteiger partial charge in [0.25, 0.3) is 0 Å². The monoisotopic (exact) mass is 143 g/mol. The topological polar surface area (TPSA) is 12.0 Å². The van der Waals surface area contributed by atoms with E-state index >= 15 is 0 Å². The maximum Gasteiger partial charge on any atom is 0.0208 e. The lowest BCUT2D eigenvalue weighted by molar-refractivity contribution is 0.337. The highest BCUT2D eigenvalue weighted by molar-refractivity contribution is 7.97. The van der Waals surface area contributed by atoms with Gasteiger partial charge in [0.1, 0.15) is 0 Å². The van der Waals surface area contributed by atoms with Crippen molar-refractivity contribution in [3.63, 3.8) is 0 Å². The Balaban J connectivity index is 1.97. The second kappa shape index (κ2) is 2.51. The second-order valence-electron chi connectivity index (χ2n) is 3.08. The van der Waals surface area contributed by atoms with E-state index in [2.05, 4.69) is 4.72 Å². The van der Waals surface area contributed by atoms with Gasteiger partial charge in [0.05, 0.1) is 0 Å². The lowest BCUT2D eigenvalue weighted by Gasteiger charge is -2.23. The van der Waals surface area contributed by atoms with Crippen molar-refractivity contribution in [2.24, 2.45) is 5.92 Å². The van der Waals surface area contributed by atoms with Crippen LogP contribution in [0.25, 0.3) is 0 Å². The molecule has 1 aliphatic carbocycles. The van der Waals surface area contributed by atoms with Gasteiger partial charge in [-0.2, -0.15) is 0 Å².